The zero-order valence-corrected chi connectivity index (χ0v) is 39.7. The van der Waals surface area contributed by atoms with Gasteiger partial charge in [0.25, 0.3) is 0 Å². The lowest BCUT2D eigenvalue weighted by molar-refractivity contribution is 0.714. The van der Waals surface area contributed by atoms with E-state index in [2.05, 4.69) is 266 Å². The number of nitrogens with zero attached hydrogens (tertiary/aromatic N) is 2. The van der Waals surface area contributed by atoms with E-state index in [0.29, 0.717) is 5.02 Å². The molecule has 2 nitrogen and oxygen atoms in total. The van der Waals surface area contributed by atoms with Gasteiger partial charge in [0.15, 0.2) is 0 Å². The van der Waals surface area contributed by atoms with Gasteiger partial charge >= 0.3 is 0 Å². The van der Waals surface area contributed by atoms with Crippen LogP contribution >= 0.6 is 11.6 Å². The molecular weight excluding hydrogens is 868 g/mol. The highest BCUT2D eigenvalue weighted by molar-refractivity contribution is 6.31. The molecular formula is C67H47ClN2. The fraction of sp³-hybridized carbons (Fsp3) is 0.0448. The molecule has 12 aromatic rings. The molecule has 1 atom stereocenters. The number of aryl methyl sites for hydroxylation is 1. The number of para-hydroxylation sites is 2. The lowest BCUT2D eigenvalue weighted by atomic mass is 9.73. The average molecular weight is 916 g/mol. The third-order valence-electron chi connectivity index (χ3n) is 14.7. The van der Waals surface area contributed by atoms with Crippen molar-refractivity contribution in [2.24, 2.45) is 0 Å². The van der Waals surface area contributed by atoms with Crippen LogP contribution in [0.1, 0.15) is 29.2 Å². The van der Waals surface area contributed by atoms with Crippen LogP contribution in [-0.4, -0.2) is 0 Å². The highest BCUT2D eigenvalue weighted by atomic mass is 35.5. The molecule has 0 saturated carbocycles. The summed E-state index contributed by atoms with van der Waals surface area (Å²) < 4.78 is 0. The second-order valence-corrected chi connectivity index (χ2v) is 19.3. The standard InChI is InChI=1S/C67H47ClN2/c1-44-36-49(68)41-53(37-44)70(51-23-10-5-11-24-51)55-39-47(46-30-33-62-65(40-46)67(2,48-19-6-3-7-20-48)64-35-31-45-18-12-13-25-56(45)66(62)64)38-54(42-55)69(50-21-8-4-9-22-50)52-32-34-61-59-28-15-14-26-57(59)58-27-16-17-29-60(58)63(61)43-52/h3-43H,1-2H3. The van der Waals surface area contributed by atoms with Crippen LogP contribution in [0.15, 0.2) is 249 Å². The zero-order chi connectivity index (χ0) is 46.9. The lowest BCUT2D eigenvalue weighted by Crippen LogP contribution is -2.22. The Bertz CT molecular complexity index is 3940. The average Bonchev–Trinajstić information content (AvgIpc) is 3.67. The van der Waals surface area contributed by atoms with Crippen molar-refractivity contribution in [3.05, 3.63) is 276 Å². The molecule has 0 aromatic heterocycles. The maximum absolute atomic E-state index is 6.93. The van der Waals surface area contributed by atoms with E-state index in [0.717, 1.165) is 50.8 Å². The fourth-order valence-corrected chi connectivity index (χ4v) is 11.8. The number of halogens is 1. The molecule has 12 aromatic carbocycles. The molecule has 1 unspecified atom stereocenters. The third-order valence-corrected chi connectivity index (χ3v) is 14.9. The Morgan fingerprint density at radius 2 is 0.871 bits per heavy atom. The van der Waals surface area contributed by atoms with E-state index in [-0.39, 0.29) is 0 Å². The summed E-state index contributed by atoms with van der Waals surface area (Å²) in [6.45, 7) is 4.52. The van der Waals surface area contributed by atoms with E-state index in [9.17, 15) is 0 Å². The maximum atomic E-state index is 6.93. The molecule has 0 fully saturated rings. The van der Waals surface area contributed by atoms with E-state index in [4.69, 9.17) is 11.6 Å². The first-order valence-electron chi connectivity index (χ1n) is 24.1. The summed E-state index contributed by atoms with van der Waals surface area (Å²) in [4.78, 5) is 4.77. The van der Waals surface area contributed by atoms with Gasteiger partial charge in [0.1, 0.15) is 0 Å². The molecule has 0 heterocycles. The number of hydrogen-bond donors (Lipinski definition) is 0. The van der Waals surface area contributed by atoms with Crippen molar-refractivity contribution in [3.8, 4) is 22.3 Å². The minimum atomic E-state index is -0.394. The van der Waals surface area contributed by atoms with Crippen LogP contribution in [0.5, 0.6) is 0 Å². The largest absolute Gasteiger partial charge is 0.310 e. The maximum Gasteiger partial charge on any atom is 0.0488 e. The Balaban J connectivity index is 1.09. The Hall–Kier alpha value is -8.43. The van der Waals surface area contributed by atoms with E-state index >= 15 is 0 Å². The minimum absolute atomic E-state index is 0.394. The van der Waals surface area contributed by atoms with Gasteiger partial charge < -0.3 is 9.80 Å². The van der Waals surface area contributed by atoms with E-state index in [1.165, 1.54) is 70.9 Å². The Morgan fingerprint density at radius 3 is 1.50 bits per heavy atom. The minimum Gasteiger partial charge on any atom is -0.310 e. The van der Waals surface area contributed by atoms with Gasteiger partial charge in [-0.2, -0.15) is 0 Å². The normalized spacial score (nSPS) is 14.0. The topological polar surface area (TPSA) is 6.48 Å². The van der Waals surface area contributed by atoms with Crippen molar-refractivity contribution >= 4 is 88.8 Å². The number of anilines is 6. The summed E-state index contributed by atoms with van der Waals surface area (Å²) in [5.41, 5.74) is 15.6. The van der Waals surface area contributed by atoms with Gasteiger partial charge in [-0.1, -0.05) is 181 Å². The van der Waals surface area contributed by atoms with Crippen molar-refractivity contribution < 1.29 is 0 Å². The van der Waals surface area contributed by atoms with Crippen LogP contribution in [0.25, 0.3) is 65.3 Å². The molecule has 70 heavy (non-hydrogen) atoms. The van der Waals surface area contributed by atoms with Crippen LogP contribution in [0, 0.1) is 6.92 Å². The second kappa shape index (κ2) is 16.7. The fourth-order valence-electron chi connectivity index (χ4n) is 11.5. The van der Waals surface area contributed by atoms with Crippen LogP contribution in [-0.2, 0) is 5.41 Å². The van der Waals surface area contributed by atoms with Crippen molar-refractivity contribution in [2.75, 3.05) is 9.80 Å². The molecule has 0 spiro atoms. The highest BCUT2D eigenvalue weighted by Gasteiger charge is 2.41. The number of benzene rings is 12. The predicted octanol–water partition coefficient (Wildman–Crippen LogP) is 19.2. The number of hydrogen-bond acceptors (Lipinski definition) is 2. The van der Waals surface area contributed by atoms with Crippen molar-refractivity contribution in [1.82, 2.24) is 0 Å². The summed E-state index contributed by atoms with van der Waals surface area (Å²) >= 11 is 6.93. The lowest BCUT2D eigenvalue weighted by Gasteiger charge is -2.31. The van der Waals surface area contributed by atoms with E-state index in [1.807, 2.05) is 6.07 Å². The zero-order valence-electron chi connectivity index (χ0n) is 38.9. The quantitative estimate of drug-likeness (QED) is 0.140. The van der Waals surface area contributed by atoms with Crippen LogP contribution in [0.4, 0.5) is 34.1 Å². The first kappa shape index (κ1) is 41.7. The van der Waals surface area contributed by atoms with E-state index in [1.54, 1.807) is 0 Å². The predicted molar refractivity (Wildman–Crippen MR) is 298 cm³/mol. The van der Waals surface area contributed by atoms with Crippen LogP contribution < -0.4 is 9.80 Å². The van der Waals surface area contributed by atoms with Gasteiger partial charge in [-0.05, 0) is 180 Å². The number of rotatable bonds is 8. The Morgan fingerprint density at radius 1 is 0.343 bits per heavy atom. The van der Waals surface area contributed by atoms with Crippen molar-refractivity contribution in [1.29, 1.82) is 0 Å². The smallest absolute Gasteiger partial charge is 0.0488 e. The Kier molecular flexibility index (Phi) is 9.94. The summed E-state index contributed by atoms with van der Waals surface area (Å²) in [6, 6.07) is 91.1. The molecule has 3 heteroatoms. The third kappa shape index (κ3) is 6.78. The van der Waals surface area contributed by atoms with Crippen LogP contribution in [0.3, 0.4) is 0 Å². The molecule has 13 rings (SSSR count). The number of fused-ring (bicyclic) bond motifs is 11. The SMILES string of the molecule is Cc1cc(Cl)cc(N(c2ccccc2)c2cc(-c3ccc4c(c3)C(C)(c3ccccc3)c3ccc5ccccc5c3-4)cc(N(c3ccccc3)c3ccc4c5ccccc5c5ccccc5c4c3)c2)c1. The monoisotopic (exact) mass is 914 g/mol. The molecule has 0 aliphatic heterocycles. The molecule has 0 saturated heterocycles. The summed E-state index contributed by atoms with van der Waals surface area (Å²) in [5, 5.41) is 10.7. The van der Waals surface area contributed by atoms with Crippen molar-refractivity contribution in [2.45, 2.75) is 19.3 Å². The highest BCUT2D eigenvalue weighted by Crippen LogP contribution is 2.56. The van der Waals surface area contributed by atoms with Gasteiger partial charge in [-0.15, -0.1) is 0 Å². The second-order valence-electron chi connectivity index (χ2n) is 18.8. The first-order chi connectivity index (χ1) is 34.4. The molecule has 0 bridgehead atoms. The molecule has 1 aliphatic rings. The van der Waals surface area contributed by atoms with Gasteiger partial charge in [0.05, 0.1) is 0 Å². The van der Waals surface area contributed by atoms with Gasteiger partial charge in [-0.25, -0.2) is 0 Å². The Labute approximate surface area is 413 Å². The van der Waals surface area contributed by atoms with Gasteiger partial charge in [0.2, 0.25) is 0 Å². The van der Waals surface area contributed by atoms with Crippen molar-refractivity contribution in [3.63, 3.8) is 0 Å². The molecule has 0 amide bonds. The summed E-state index contributed by atoms with van der Waals surface area (Å²) in [6.07, 6.45) is 0. The van der Waals surface area contributed by atoms with Crippen LogP contribution in [0.2, 0.25) is 5.02 Å². The van der Waals surface area contributed by atoms with Gasteiger partial charge in [-0.3, -0.25) is 0 Å². The molecule has 332 valence electrons. The molecule has 1 aliphatic carbocycles. The molecule has 0 N–H and O–H groups in total. The summed E-state index contributed by atoms with van der Waals surface area (Å²) in [7, 11) is 0. The summed E-state index contributed by atoms with van der Waals surface area (Å²) in [5.74, 6) is 0. The molecule has 0 radical (unpaired) electrons. The van der Waals surface area contributed by atoms with Gasteiger partial charge in [0, 0.05) is 44.6 Å². The van der Waals surface area contributed by atoms with E-state index < -0.39 is 5.41 Å². The first-order valence-corrected chi connectivity index (χ1v) is 24.5.